The lowest BCUT2D eigenvalue weighted by Gasteiger charge is -2.00. The van der Waals surface area contributed by atoms with Crippen LogP contribution in [0, 0.1) is 0 Å². The van der Waals surface area contributed by atoms with Gasteiger partial charge in [0.25, 0.3) is 0 Å². The molecular formula is C28H38N12O4P2. The number of nitrogens with two attached hydrogens (primary N) is 7. The van der Waals surface area contributed by atoms with E-state index in [-0.39, 0.29) is 11.4 Å². The zero-order valence-corrected chi connectivity index (χ0v) is 26.8. The summed E-state index contributed by atoms with van der Waals surface area (Å²) < 4.78 is 1.51. The summed E-state index contributed by atoms with van der Waals surface area (Å²) in [5.41, 5.74) is 39.6. The van der Waals surface area contributed by atoms with E-state index in [4.69, 9.17) is 26.8 Å². The number of nitrogen functional groups attached to an aromatic ring is 3. The number of carbonyl (C=O) groups excluding carboxylic acids is 2. The Kier molecular flexibility index (Phi) is 16.6. The van der Waals surface area contributed by atoms with Crippen molar-refractivity contribution in [1.82, 2.24) is 19.3 Å². The molecule has 0 aliphatic carbocycles. The second kappa shape index (κ2) is 20.1. The van der Waals surface area contributed by atoms with Gasteiger partial charge >= 0.3 is 23.4 Å². The maximum atomic E-state index is 11.0. The molecule has 0 fully saturated rings. The van der Waals surface area contributed by atoms with Gasteiger partial charge in [-0.1, -0.05) is 48.5 Å². The third kappa shape index (κ3) is 14.5. The van der Waals surface area contributed by atoms with Crippen molar-refractivity contribution in [2.75, 3.05) is 22.3 Å². The van der Waals surface area contributed by atoms with Gasteiger partial charge in [0.1, 0.15) is 0 Å². The molecule has 0 bridgehead atoms. The Hall–Kier alpha value is -5.98. The third-order valence-electron chi connectivity index (χ3n) is 5.16. The van der Waals surface area contributed by atoms with Crippen molar-refractivity contribution in [1.29, 1.82) is 0 Å². The molecule has 2 unspecified atom stereocenters. The highest BCUT2D eigenvalue weighted by Crippen LogP contribution is 2.17. The average molecular weight is 669 g/mol. The maximum absolute atomic E-state index is 11.0. The minimum atomic E-state index is -0.833. The van der Waals surface area contributed by atoms with E-state index in [1.54, 1.807) is 12.1 Å². The second-order valence-corrected chi connectivity index (χ2v) is 9.41. The Bertz CT molecular complexity index is 1860. The Labute approximate surface area is 267 Å². The fraction of sp³-hybridized carbons (Fsp3) is 0. The quantitative estimate of drug-likeness (QED) is 0.0909. The van der Waals surface area contributed by atoms with Crippen LogP contribution in [0.15, 0.2) is 107 Å². The molecule has 18 N–H and O–H groups in total. The molecule has 0 saturated heterocycles. The maximum Gasteiger partial charge on any atom is 0.329 e. The minimum absolute atomic E-state index is 0.101. The lowest BCUT2D eigenvalue weighted by Crippen LogP contribution is -2.18. The van der Waals surface area contributed by atoms with Gasteiger partial charge < -0.3 is 60.2 Å². The zero-order chi connectivity index (χ0) is 34.6. The van der Waals surface area contributed by atoms with Gasteiger partial charge in [0.15, 0.2) is 0 Å². The standard InChI is InChI=1S/C7H7N2OP.C7H6N2O.C6H9N2P.C6H8N2.2CH4N2O/c10-7-8-5-3-1-2-4-6(5)9(7)11;10-7-8-5-3-1-2-4-6(5)9-7;7-5-3-1-2-4-6(5)8-9;7-5-3-1-2-4-6(5)8;2*2-1(3)4/h1-4H,11H2,(H,8,10);1-4H,(H2,8,9,10);1-4,8H,7,9H2;1-4H,7-8H2;2*(H4,2,3,4). The lowest BCUT2D eigenvalue weighted by atomic mass is 10.3. The summed E-state index contributed by atoms with van der Waals surface area (Å²) in [6.45, 7) is 0. The number of hydrogen-bond donors (Lipinski definition) is 11. The van der Waals surface area contributed by atoms with E-state index in [0.29, 0.717) is 11.4 Å². The largest absolute Gasteiger partial charge is 0.397 e. The number of benzene rings is 4. The zero-order valence-electron chi connectivity index (χ0n) is 24.5. The molecular weight excluding hydrogens is 630 g/mol. The van der Waals surface area contributed by atoms with Crippen molar-refractivity contribution in [3.8, 4) is 0 Å². The highest BCUT2D eigenvalue weighted by atomic mass is 31.0. The van der Waals surface area contributed by atoms with E-state index in [2.05, 4.69) is 61.8 Å². The molecule has 2 atom stereocenters. The summed E-state index contributed by atoms with van der Waals surface area (Å²) in [4.78, 5) is 47.7. The summed E-state index contributed by atoms with van der Waals surface area (Å²) in [6.07, 6.45) is 0. The number of carbonyl (C=O) groups is 2. The van der Waals surface area contributed by atoms with Crippen molar-refractivity contribution in [3.63, 3.8) is 0 Å². The fourth-order valence-corrected chi connectivity index (χ4v) is 3.74. The van der Waals surface area contributed by atoms with Crippen molar-refractivity contribution < 1.29 is 9.59 Å². The number of fused-ring (bicyclic) bond motifs is 2. The highest BCUT2D eigenvalue weighted by molar-refractivity contribution is 7.18. The normalized spacial score (nSPS) is 9.17. The SMILES string of the molecule is NC(N)=O.NC(N)=O.Nc1ccccc1N.Nc1ccccc1NP.O=c1[nH]c2ccccc2[nH]1.O=c1[nH]c2ccccc2n1P. The van der Waals surface area contributed by atoms with Gasteiger partial charge in [-0.2, -0.15) is 0 Å². The van der Waals surface area contributed by atoms with Crippen LogP contribution in [0.5, 0.6) is 0 Å². The molecule has 2 heterocycles. The van der Waals surface area contributed by atoms with Gasteiger partial charge in [-0.05, 0) is 67.3 Å². The van der Waals surface area contributed by atoms with Crippen LogP contribution in [0.2, 0.25) is 0 Å². The molecule has 6 rings (SSSR count). The number of hydrogen-bond acceptors (Lipinski definition) is 8. The molecule has 0 aliphatic rings. The first kappa shape index (κ1) is 38.0. The number of H-pyrrole nitrogens is 3. The average Bonchev–Trinajstić information content (AvgIpc) is 3.53. The summed E-state index contributed by atoms with van der Waals surface area (Å²) in [5, 5.41) is 2.89. The Morgan fingerprint density at radius 2 is 0.957 bits per heavy atom. The summed E-state index contributed by atoms with van der Waals surface area (Å²) in [5.74, 6) is 0. The number of primary amides is 4. The monoisotopic (exact) mass is 668 g/mol. The number of aromatic amines is 3. The van der Waals surface area contributed by atoms with E-state index in [1.165, 1.54) is 4.34 Å². The second-order valence-electron chi connectivity index (χ2n) is 8.61. The Balaban J connectivity index is 0.000000286. The van der Waals surface area contributed by atoms with Crippen molar-refractivity contribution in [2.45, 2.75) is 0 Å². The van der Waals surface area contributed by atoms with Crippen LogP contribution in [-0.2, 0) is 0 Å². The molecule has 4 amide bonds. The fourth-order valence-electron chi connectivity index (χ4n) is 3.19. The summed E-state index contributed by atoms with van der Waals surface area (Å²) in [7, 11) is 4.76. The topological polar surface area (TPSA) is 315 Å². The van der Waals surface area contributed by atoms with Crippen molar-refractivity contribution in [3.05, 3.63) is 118 Å². The molecule has 0 radical (unpaired) electrons. The summed E-state index contributed by atoms with van der Waals surface area (Å²) in [6, 6.07) is 28.2. The number of aromatic nitrogens is 4. The van der Waals surface area contributed by atoms with Crippen LogP contribution < -0.4 is 56.6 Å². The van der Waals surface area contributed by atoms with Crippen molar-refractivity contribution >= 4 is 75.7 Å². The van der Waals surface area contributed by atoms with Crippen LogP contribution in [-0.4, -0.2) is 31.4 Å². The molecule has 0 aliphatic heterocycles. The molecule has 16 nitrogen and oxygen atoms in total. The van der Waals surface area contributed by atoms with Gasteiger partial charge in [-0.3, -0.25) is 4.34 Å². The predicted molar refractivity (Wildman–Crippen MR) is 194 cm³/mol. The molecule has 2 aromatic heterocycles. The molecule has 244 valence electrons. The van der Waals surface area contributed by atoms with Crippen LogP contribution >= 0.6 is 18.8 Å². The van der Waals surface area contributed by atoms with E-state index in [1.807, 2.05) is 84.9 Å². The molecule has 18 heteroatoms. The van der Waals surface area contributed by atoms with Gasteiger partial charge in [0, 0.05) is 0 Å². The molecule has 0 saturated carbocycles. The number of amides is 4. The van der Waals surface area contributed by atoms with Gasteiger partial charge in [-0.15, -0.1) is 0 Å². The first-order chi connectivity index (χ1) is 21.8. The Morgan fingerprint density at radius 1 is 0.587 bits per heavy atom. The number of nitrogens with one attached hydrogen (secondary N) is 4. The number of urea groups is 2. The minimum Gasteiger partial charge on any atom is -0.397 e. The van der Waals surface area contributed by atoms with Gasteiger partial charge in [0.05, 0.1) is 44.8 Å². The molecule has 46 heavy (non-hydrogen) atoms. The highest BCUT2D eigenvalue weighted by Gasteiger charge is 1.99. The third-order valence-corrected chi connectivity index (χ3v) is 5.98. The van der Waals surface area contributed by atoms with Crippen LogP contribution in [0.4, 0.5) is 32.3 Å². The van der Waals surface area contributed by atoms with Crippen molar-refractivity contribution in [2.24, 2.45) is 22.9 Å². The number of rotatable bonds is 1. The first-order valence-corrected chi connectivity index (χ1v) is 14.0. The number of imidazole rings is 2. The molecule has 0 spiro atoms. The van der Waals surface area contributed by atoms with E-state index < -0.39 is 12.1 Å². The van der Waals surface area contributed by atoms with E-state index in [9.17, 15) is 9.59 Å². The number of anilines is 4. The van der Waals surface area contributed by atoms with E-state index in [0.717, 1.165) is 33.4 Å². The van der Waals surface area contributed by atoms with Crippen LogP contribution in [0.1, 0.15) is 0 Å². The van der Waals surface area contributed by atoms with Gasteiger partial charge in [-0.25, -0.2) is 19.2 Å². The molecule has 4 aromatic carbocycles. The van der Waals surface area contributed by atoms with E-state index >= 15 is 0 Å². The lowest BCUT2D eigenvalue weighted by molar-refractivity contribution is 0.255. The predicted octanol–water partition coefficient (Wildman–Crippen LogP) is 2.19. The number of para-hydroxylation sites is 8. The van der Waals surface area contributed by atoms with Crippen LogP contribution in [0.25, 0.3) is 22.1 Å². The van der Waals surface area contributed by atoms with Crippen LogP contribution in [0.3, 0.4) is 0 Å². The first-order valence-electron chi connectivity index (χ1n) is 12.9. The summed E-state index contributed by atoms with van der Waals surface area (Å²) >= 11 is 0. The Morgan fingerprint density at radius 3 is 1.33 bits per heavy atom. The van der Waals surface area contributed by atoms with Gasteiger partial charge in [0.2, 0.25) is 0 Å². The number of nitrogens with zero attached hydrogens (tertiary/aromatic N) is 1. The molecule has 6 aromatic rings. The smallest absolute Gasteiger partial charge is 0.329 e.